The van der Waals surface area contributed by atoms with Crippen LogP contribution in [0.1, 0.15) is 63.1 Å². The lowest BCUT2D eigenvalue weighted by Crippen LogP contribution is -2.53. The van der Waals surface area contributed by atoms with Crippen LogP contribution in [0.2, 0.25) is 5.02 Å². The Morgan fingerprint density at radius 2 is 1.67 bits per heavy atom. The summed E-state index contributed by atoms with van der Waals surface area (Å²) in [5.74, 6) is -0.137. The minimum atomic E-state index is -0.137. The number of carbonyl (C=O) groups excluding carboxylic acids is 1. The van der Waals surface area contributed by atoms with Crippen LogP contribution in [-0.2, 0) is 13.1 Å². The quantitative estimate of drug-likeness (QED) is 0.786. The number of hydrogen-bond donors (Lipinski definition) is 1. The highest BCUT2D eigenvalue weighted by atomic mass is 35.5. The molecule has 1 unspecified atom stereocenters. The molecule has 4 rings (SSSR count). The number of amides is 1. The molecule has 2 atom stereocenters. The molecule has 1 aromatic heterocycles. The predicted molar refractivity (Wildman–Crippen MR) is 122 cm³/mol. The van der Waals surface area contributed by atoms with E-state index in [1.54, 1.807) is 14.1 Å². The number of likely N-dealkylation sites (tertiary alicyclic amines) is 1. The van der Waals surface area contributed by atoms with Crippen LogP contribution in [-0.4, -0.2) is 88.3 Å². The zero-order chi connectivity index (χ0) is 22.0. The molecular weight excluding hydrogens is 400 g/mol. The number of nitrogens with zero attached hydrogens (tertiary/aromatic N) is 5. The number of hydrogen-bond acceptors (Lipinski definition) is 5. The molecular formula is C22H39ClN6O. The molecule has 3 aliphatic rings. The Morgan fingerprint density at radius 3 is 2.20 bits per heavy atom. The fourth-order valence-electron chi connectivity index (χ4n) is 4.55. The minimum absolute atomic E-state index is 0.137. The van der Waals surface area contributed by atoms with Gasteiger partial charge in [0.05, 0.1) is 10.7 Å². The van der Waals surface area contributed by atoms with Gasteiger partial charge < -0.3 is 10.2 Å². The van der Waals surface area contributed by atoms with Crippen molar-refractivity contribution in [3.63, 3.8) is 0 Å². The first-order valence-electron chi connectivity index (χ1n) is 11.4. The van der Waals surface area contributed by atoms with Gasteiger partial charge in [0, 0.05) is 71.0 Å². The summed E-state index contributed by atoms with van der Waals surface area (Å²) in [5, 5.41) is 8.53. The van der Waals surface area contributed by atoms with Crippen LogP contribution in [0.4, 0.5) is 0 Å². The van der Waals surface area contributed by atoms with E-state index < -0.39 is 0 Å². The molecule has 1 N–H and O–H groups in total. The fraction of sp³-hybridized carbons (Fsp3) is 0.818. The summed E-state index contributed by atoms with van der Waals surface area (Å²) in [6.07, 6.45) is 3.82. The third-order valence-electron chi connectivity index (χ3n) is 6.48. The van der Waals surface area contributed by atoms with E-state index in [0.717, 1.165) is 49.9 Å². The Balaban J connectivity index is 0.000000196. The van der Waals surface area contributed by atoms with Crippen LogP contribution in [0, 0.1) is 0 Å². The normalized spacial score (nSPS) is 24.4. The molecule has 2 fully saturated rings. The number of carbonyl (C=O) groups is 1. The van der Waals surface area contributed by atoms with Crippen molar-refractivity contribution >= 4 is 17.5 Å². The summed E-state index contributed by atoms with van der Waals surface area (Å²) >= 11 is 6.37. The number of fused-ring (bicyclic) bond motifs is 3. The first-order chi connectivity index (χ1) is 14.2. The lowest BCUT2D eigenvalue weighted by Gasteiger charge is -2.35. The first-order valence-corrected chi connectivity index (χ1v) is 11.8. The zero-order valence-corrected chi connectivity index (χ0v) is 20.2. The zero-order valence-electron chi connectivity index (χ0n) is 19.5. The number of piperazine rings is 1. The maximum Gasteiger partial charge on any atom is 0.275 e. The third-order valence-corrected chi connectivity index (χ3v) is 6.87. The maximum atomic E-state index is 12.0. The Bertz CT molecular complexity index is 719. The van der Waals surface area contributed by atoms with E-state index in [9.17, 15) is 4.79 Å². The van der Waals surface area contributed by atoms with Gasteiger partial charge in [-0.15, -0.1) is 0 Å². The van der Waals surface area contributed by atoms with Gasteiger partial charge in [0.1, 0.15) is 0 Å². The fourth-order valence-corrected chi connectivity index (χ4v) is 4.82. The predicted octanol–water partition coefficient (Wildman–Crippen LogP) is 2.68. The minimum Gasteiger partial charge on any atom is -0.343 e. The Morgan fingerprint density at radius 1 is 1.07 bits per heavy atom. The van der Waals surface area contributed by atoms with Crippen molar-refractivity contribution in [2.75, 3.05) is 33.7 Å². The van der Waals surface area contributed by atoms with Gasteiger partial charge in [-0.25, -0.2) is 0 Å². The number of aryl methyl sites for hydroxylation is 1. The summed E-state index contributed by atoms with van der Waals surface area (Å²) in [6, 6.07) is 2.80. The van der Waals surface area contributed by atoms with Gasteiger partial charge in [-0.2, -0.15) is 5.10 Å². The monoisotopic (exact) mass is 438 g/mol. The van der Waals surface area contributed by atoms with Gasteiger partial charge in [-0.1, -0.05) is 11.6 Å². The average Bonchev–Trinajstić information content (AvgIpc) is 3.09. The van der Waals surface area contributed by atoms with Gasteiger partial charge in [-0.3, -0.25) is 19.3 Å². The second-order valence-electron chi connectivity index (χ2n) is 9.64. The largest absolute Gasteiger partial charge is 0.343 e. The lowest BCUT2D eigenvalue weighted by molar-refractivity contribution is 0.0821. The van der Waals surface area contributed by atoms with Crippen LogP contribution < -0.4 is 5.32 Å². The Kier molecular flexibility index (Phi) is 7.82. The van der Waals surface area contributed by atoms with Crippen molar-refractivity contribution in [3.8, 4) is 0 Å². The molecule has 0 saturated carbocycles. The van der Waals surface area contributed by atoms with Crippen LogP contribution in [0.3, 0.4) is 0 Å². The van der Waals surface area contributed by atoms with Crippen molar-refractivity contribution in [2.45, 2.75) is 84.2 Å². The first kappa shape index (κ1) is 23.5. The number of halogens is 1. The SMILES string of the molecule is CC(C)N1CC2CC[C@@H](C1)N2.CC(C)N1CCCn2nc(C(=O)N(C)C)c(Cl)c2C1. The maximum absolute atomic E-state index is 12.0. The van der Waals surface area contributed by atoms with E-state index in [4.69, 9.17) is 11.6 Å². The molecule has 0 spiro atoms. The molecule has 0 aromatic carbocycles. The molecule has 1 amide bonds. The standard InChI is InChI=1S/C13H21ClN4O.C9H18N2/c1-9(2)17-6-5-7-18-10(8-17)11(14)12(15-18)13(19)16(3)4;1-7(2)11-5-8-3-4-9(6-11)10-8/h9H,5-8H2,1-4H3;7-10H,3-6H2,1-2H3/t;8-,9?/m.0/s1. The van der Waals surface area contributed by atoms with E-state index in [1.807, 2.05) is 4.68 Å². The smallest absolute Gasteiger partial charge is 0.275 e. The number of rotatable bonds is 3. The molecule has 170 valence electrons. The second kappa shape index (κ2) is 9.98. The van der Waals surface area contributed by atoms with Gasteiger partial charge in [0.15, 0.2) is 5.69 Å². The van der Waals surface area contributed by atoms with E-state index in [0.29, 0.717) is 16.8 Å². The lowest BCUT2D eigenvalue weighted by atomic mass is 10.2. The van der Waals surface area contributed by atoms with Crippen molar-refractivity contribution in [1.82, 2.24) is 29.8 Å². The van der Waals surface area contributed by atoms with E-state index in [-0.39, 0.29) is 5.91 Å². The second-order valence-corrected chi connectivity index (χ2v) is 10.0. The molecule has 0 aliphatic carbocycles. The summed E-state index contributed by atoms with van der Waals surface area (Å²) in [7, 11) is 3.42. The summed E-state index contributed by atoms with van der Waals surface area (Å²) < 4.78 is 1.89. The number of nitrogens with one attached hydrogen (secondary N) is 1. The molecule has 30 heavy (non-hydrogen) atoms. The Labute approximate surface area is 186 Å². The molecule has 2 saturated heterocycles. The van der Waals surface area contributed by atoms with E-state index >= 15 is 0 Å². The van der Waals surface area contributed by atoms with Gasteiger partial charge in [0.25, 0.3) is 5.91 Å². The summed E-state index contributed by atoms with van der Waals surface area (Å²) in [6.45, 7) is 14.1. The molecule has 8 heteroatoms. The van der Waals surface area contributed by atoms with Crippen molar-refractivity contribution in [3.05, 3.63) is 16.4 Å². The van der Waals surface area contributed by atoms with Crippen LogP contribution in [0.5, 0.6) is 0 Å². The van der Waals surface area contributed by atoms with E-state index in [2.05, 4.69) is 47.9 Å². The summed E-state index contributed by atoms with van der Waals surface area (Å²) in [4.78, 5) is 18.5. The number of aromatic nitrogens is 2. The molecule has 3 aliphatic heterocycles. The van der Waals surface area contributed by atoms with Crippen molar-refractivity contribution in [1.29, 1.82) is 0 Å². The highest BCUT2D eigenvalue weighted by Gasteiger charge is 2.32. The van der Waals surface area contributed by atoms with E-state index in [1.165, 1.54) is 30.8 Å². The van der Waals surface area contributed by atoms with Gasteiger partial charge >= 0.3 is 0 Å². The van der Waals surface area contributed by atoms with Crippen LogP contribution in [0.15, 0.2) is 0 Å². The third kappa shape index (κ3) is 5.36. The highest BCUT2D eigenvalue weighted by Crippen LogP contribution is 2.26. The van der Waals surface area contributed by atoms with Gasteiger partial charge in [-0.05, 0) is 47.0 Å². The molecule has 4 heterocycles. The van der Waals surface area contributed by atoms with Gasteiger partial charge in [0.2, 0.25) is 0 Å². The van der Waals surface area contributed by atoms with Crippen LogP contribution in [0.25, 0.3) is 0 Å². The van der Waals surface area contributed by atoms with Crippen LogP contribution >= 0.6 is 11.6 Å². The topological polar surface area (TPSA) is 56.6 Å². The van der Waals surface area contributed by atoms with Crippen molar-refractivity contribution < 1.29 is 4.79 Å². The van der Waals surface area contributed by atoms with Crippen molar-refractivity contribution in [2.24, 2.45) is 0 Å². The summed E-state index contributed by atoms with van der Waals surface area (Å²) in [5.41, 5.74) is 1.32. The molecule has 2 bridgehead atoms. The average molecular weight is 439 g/mol. The molecule has 0 radical (unpaired) electrons. The molecule has 7 nitrogen and oxygen atoms in total. The molecule has 1 aromatic rings. The highest BCUT2D eigenvalue weighted by molar-refractivity contribution is 6.34. The Hall–Kier alpha value is -1.15.